The van der Waals surface area contributed by atoms with Crippen LogP contribution in [0.3, 0.4) is 0 Å². The van der Waals surface area contributed by atoms with Crippen molar-refractivity contribution in [3.05, 3.63) is 88.0 Å². The van der Waals surface area contributed by atoms with E-state index in [9.17, 15) is 13.4 Å². The number of carbonyl (C=O) groups is 1. The molecule has 0 aliphatic rings. The maximum Gasteiger partial charge on any atom is 0.287 e. The molecule has 3 rings (SSSR count). The average Bonchev–Trinajstić information content (AvgIpc) is 3.10. The van der Waals surface area contributed by atoms with Crippen molar-refractivity contribution < 1.29 is 17.8 Å². The van der Waals surface area contributed by atoms with Crippen molar-refractivity contribution in [3.63, 3.8) is 0 Å². The molecular weight excluding hydrogens is 421 g/mol. The number of carbonyl (C=O) groups excluding carboxylic acids is 1. The second-order valence-electron chi connectivity index (χ2n) is 5.48. The Morgan fingerprint density at radius 1 is 1.08 bits per heavy atom. The van der Waals surface area contributed by atoms with Gasteiger partial charge in [0.1, 0.15) is 11.6 Å². The molecule has 0 fully saturated rings. The van der Waals surface area contributed by atoms with Crippen molar-refractivity contribution >= 4 is 32.6 Å². The fraction of sp³-hybridized carbons (Fsp3) is 0.105. The van der Waals surface area contributed by atoms with Gasteiger partial charge in [0, 0.05) is 15.9 Å². The average molecular weight is 436 g/mol. The summed E-state index contributed by atoms with van der Waals surface area (Å²) >= 11 is 3.43. The van der Waals surface area contributed by atoms with E-state index in [1.807, 2.05) is 24.3 Å². The van der Waals surface area contributed by atoms with E-state index >= 15 is 0 Å². The van der Waals surface area contributed by atoms with E-state index in [0.717, 1.165) is 10.0 Å². The fourth-order valence-corrected chi connectivity index (χ4v) is 3.73. The standard InChI is InChI=1S/C19H15BrFNO3S/c20-17-4-2-1-3-13(17)11-22-19(23)18-10-7-15(25-18)12-26(24)16-8-5-14(21)6-9-16/h1-10H,11-12H2,(H,22,23). The second kappa shape index (κ2) is 8.42. The minimum Gasteiger partial charge on any atom is -0.455 e. The summed E-state index contributed by atoms with van der Waals surface area (Å²) in [5.74, 6) is -0.0300. The first-order valence-electron chi connectivity index (χ1n) is 7.77. The van der Waals surface area contributed by atoms with Crippen LogP contribution in [0.5, 0.6) is 0 Å². The molecule has 1 atom stereocenters. The van der Waals surface area contributed by atoms with Crippen molar-refractivity contribution in [2.75, 3.05) is 0 Å². The van der Waals surface area contributed by atoms with Crippen molar-refractivity contribution in [3.8, 4) is 0 Å². The highest BCUT2D eigenvalue weighted by molar-refractivity contribution is 9.10. The predicted octanol–water partition coefficient (Wildman–Crippen LogP) is 4.42. The van der Waals surface area contributed by atoms with Crippen LogP contribution in [0.1, 0.15) is 21.9 Å². The zero-order valence-corrected chi connectivity index (χ0v) is 16.0. The van der Waals surface area contributed by atoms with Crippen molar-refractivity contribution in [1.29, 1.82) is 0 Å². The van der Waals surface area contributed by atoms with Gasteiger partial charge in [-0.3, -0.25) is 9.00 Å². The third-order valence-electron chi connectivity index (χ3n) is 3.63. The summed E-state index contributed by atoms with van der Waals surface area (Å²) < 4.78 is 31.6. The van der Waals surface area contributed by atoms with Gasteiger partial charge in [-0.2, -0.15) is 0 Å². The van der Waals surface area contributed by atoms with Crippen LogP contribution in [-0.2, 0) is 23.1 Å². The van der Waals surface area contributed by atoms with Crippen LogP contribution in [-0.4, -0.2) is 10.1 Å². The van der Waals surface area contributed by atoms with Crippen LogP contribution in [0.4, 0.5) is 4.39 Å². The molecule has 1 unspecified atom stereocenters. The summed E-state index contributed by atoms with van der Waals surface area (Å²) in [6.45, 7) is 0.359. The van der Waals surface area contributed by atoms with Crippen LogP contribution >= 0.6 is 15.9 Å². The Morgan fingerprint density at radius 2 is 1.81 bits per heavy atom. The summed E-state index contributed by atoms with van der Waals surface area (Å²) in [5.41, 5.74) is 0.949. The van der Waals surface area contributed by atoms with Gasteiger partial charge >= 0.3 is 0 Å². The Balaban J connectivity index is 1.60. The molecule has 1 heterocycles. The van der Waals surface area contributed by atoms with Gasteiger partial charge < -0.3 is 9.73 Å². The normalized spacial score (nSPS) is 11.9. The van der Waals surface area contributed by atoms with E-state index < -0.39 is 10.8 Å². The molecule has 1 amide bonds. The highest BCUT2D eigenvalue weighted by atomic mass is 79.9. The Bertz CT molecular complexity index is 940. The van der Waals surface area contributed by atoms with Gasteiger partial charge in [-0.25, -0.2) is 4.39 Å². The Kier molecular flexibility index (Phi) is 6.00. The van der Waals surface area contributed by atoms with Crippen LogP contribution in [0, 0.1) is 5.82 Å². The molecule has 7 heteroatoms. The number of rotatable bonds is 6. The molecule has 0 aliphatic heterocycles. The van der Waals surface area contributed by atoms with Crippen LogP contribution in [0.15, 0.2) is 74.4 Å². The van der Waals surface area contributed by atoms with E-state index in [1.165, 1.54) is 24.3 Å². The minimum atomic E-state index is -1.38. The molecule has 4 nitrogen and oxygen atoms in total. The van der Waals surface area contributed by atoms with Gasteiger partial charge in [-0.15, -0.1) is 0 Å². The minimum absolute atomic E-state index is 0.114. The largest absolute Gasteiger partial charge is 0.455 e. The maximum absolute atomic E-state index is 12.9. The zero-order valence-electron chi connectivity index (χ0n) is 13.6. The molecule has 1 N–H and O–H groups in total. The number of hydrogen-bond donors (Lipinski definition) is 1. The quantitative estimate of drug-likeness (QED) is 0.623. The lowest BCUT2D eigenvalue weighted by Gasteiger charge is -2.05. The van der Waals surface area contributed by atoms with Crippen molar-refractivity contribution in [1.82, 2.24) is 5.32 Å². The smallest absolute Gasteiger partial charge is 0.287 e. The molecule has 0 radical (unpaired) electrons. The van der Waals surface area contributed by atoms with E-state index in [0.29, 0.717) is 17.2 Å². The van der Waals surface area contributed by atoms with Crippen LogP contribution < -0.4 is 5.32 Å². The van der Waals surface area contributed by atoms with Gasteiger partial charge in [-0.05, 0) is 48.0 Å². The number of amides is 1. The zero-order chi connectivity index (χ0) is 18.5. The molecule has 0 saturated heterocycles. The third kappa shape index (κ3) is 4.68. The lowest BCUT2D eigenvalue weighted by Crippen LogP contribution is -2.22. The van der Waals surface area contributed by atoms with Gasteiger partial charge in [0.15, 0.2) is 5.76 Å². The summed E-state index contributed by atoms with van der Waals surface area (Å²) in [6, 6.07) is 16.2. The summed E-state index contributed by atoms with van der Waals surface area (Å²) in [5, 5.41) is 2.78. The number of hydrogen-bond acceptors (Lipinski definition) is 3. The van der Waals surface area contributed by atoms with Gasteiger partial charge in [0.2, 0.25) is 0 Å². The summed E-state index contributed by atoms with van der Waals surface area (Å²) in [7, 11) is -1.38. The predicted molar refractivity (Wildman–Crippen MR) is 101 cm³/mol. The first-order chi connectivity index (χ1) is 12.5. The molecule has 0 bridgehead atoms. The number of halogens is 2. The highest BCUT2D eigenvalue weighted by Crippen LogP contribution is 2.17. The van der Waals surface area contributed by atoms with Crippen molar-refractivity contribution in [2.24, 2.45) is 0 Å². The van der Waals surface area contributed by atoms with E-state index in [-0.39, 0.29) is 23.2 Å². The molecule has 2 aromatic carbocycles. The number of furan rings is 1. The first-order valence-corrected chi connectivity index (χ1v) is 9.88. The van der Waals surface area contributed by atoms with Crippen molar-refractivity contribution in [2.45, 2.75) is 17.2 Å². The maximum atomic E-state index is 12.9. The molecule has 3 aromatic rings. The Labute approximate surface area is 161 Å². The lowest BCUT2D eigenvalue weighted by molar-refractivity contribution is 0.0921. The third-order valence-corrected chi connectivity index (χ3v) is 5.75. The van der Waals surface area contributed by atoms with E-state index in [2.05, 4.69) is 21.2 Å². The van der Waals surface area contributed by atoms with Crippen LogP contribution in [0.2, 0.25) is 0 Å². The van der Waals surface area contributed by atoms with Gasteiger partial charge in [0.25, 0.3) is 5.91 Å². The highest BCUT2D eigenvalue weighted by Gasteiger charge is 2.14. The Morgan fingerprint density at radius 3 is 2.54 bits per heavy atom. The molecular formula is C19H15BrFNO3S. The molecule has 0 aliphatic carbocycles. The second-order valence-corrected chi connectivity index (χ2v) is 7.79. The number of nitrogens with one attached hydrogen (secondary N) is 1. The molecule has 0 spiro atoms. The SMILES string of the molecule is O=C(NCc1ccccc1Br)c1ccc(CS(=O)c2ccc(F)cc2)o1. The monoisotopic (exact) mass is 435 g/mol. The molecule has 1 aromatic heterocycles. The van der Waals surface area contributed by atoms with Gasteiger partial charge in [0.05, 0.1) is 16.6 Å². The van der Waals surface area contributed by atoms with E-state index in [1.54, 1.807) is 12.1 Å². The first kappa shape index (κ1) is 18.5. The van der Waals surface area contributed by atoms with E-state index in [4.69, 9.17) is 4.42 Å². The Hall–Kier alpha value is -2.25. The lowest BCUT2D eigenvalue weighted by atomic mass is 10.2. The number of benzene rings is 2. The summed E-state index contributed by atoms with van der Waals surface area (Å²) in [6.07, 6.45) is 0. The topological polar surface area (TPSA) is 59.3 Å². The summed E-state index contributed by atoms with van der Waals surface area (Å²) in [4.78, 5) is 12.7. The molecule has 134 valence electrons. The molecule has 26 heavy (non-hydrogen) atoms. The van der Waals surface area contributed by atoms with Gasteiger partial charge in [-0.1, -0.05) is 34.1 Å². The fourth-order valence-electron chi connectivity index (χ4n) is 2.28. The molecule has 0 saturated carbocycles. The van der Waals surface area contributed by atoms with Crippen LogP contribution in [0.25, 0.3) is 0 Å².